The first-order chi connectivity index (χ1) is 9.33. The number of carbonyl (C=O) groups excluding carboxylic acids is 1. The van der Waals surface area contributed by atoms with Gasteiger partial charge in [-0.05, 0) is 43.5 Å². The number of aliphatic carboxylic acids is 1. The normalized spacial score (nSPS) is 11.8. The van der Waals surface area contributed by atoms with E-state index in [1.807, 2.05) is 39.0 Å². The number of nitrogens with zero attached hydrogens (tertiary/aromatic N) is 1. The Balaban J connectivity index is 2.77. The summed E-state index contributed by atoms with van der Waals surface area (Å²) in [5, 5.41) is 11.5. The number of benzene rings is 1. The average molecular weight is 278 g/mol. The van der Waals surface area contributed by atoms with E-state index in [0.717, 1.165) is 16.8 Å². The Morgan fingerprint density at radius 2 is 1.80 bits per heavy atom. The van der Waals surface area contributed by atoms with Crippen molar-refractivity contribution in [2.45, 2.75) is 39.7 Å². The van der Waals surface area contributed by atoms with Crippen LogP contribution in [-0.4, -0.2) is 30.2 Å². The van der Waals surface area contributed by atoms with E-state index in [9.17, 15) is 9.59 Å². The summed E-state index contributed by atoms with van der Waals surface area (Å²) in [5.41, 5.74) is 2.96. The summed E-state index contributed by atoms with van der Waals surface area (Å²) < 4.78 is 0. The van der Waals surface area contributed by atoms with Crippen LogP contribution < -0.4 is 10.2 Å². The first-order valence-corrected chi connectivity index (χ1v) is 6.67. The zero-order chi connectivity index (χ0) is 15.3. The lowest BCUT2D eigenvalue weighted by Crippen LogP contribution is -2.43. The number of anilines is 1. The Hall–Kier alpha value is -2.04. The fourth-order valence-corrected chi connectivity index (χ4v) is 2.04. The predicted molar refractivity (Wildman–Crippen MR) is 79.2 cm³/mol. The third-order valence-corrected chi connectivity index (χ3v) is 3.14. The van der Waals surface area contributed by atoms with Crippen LogP contribution in [0.2, 0.25) is 0 Å². The van der Waals surface area contributed by atoms with E-state index in [0.29, 0.717) is 6.42 Å². The molecule has 0 radical (unpaired) electrons. The highest BCUT2D eigenvalue weighted by Gasteiger charge is 2.17. The van der Waals surface area contributed by atoms with Crippen molar-refractivity contribution in [1.82, 2.24) is 5.32 Å². The number of rotatable bonds is 5. The van der Waals surface area contributed by atoms with E-state index in [4.69, 9.17) is 5.11 Å². The lowest BCUT2D eigenvalue weighted by Gasteiger charge is -2.22. The van der Waals surface area contributed by atoms with Gasteiger partial charge in [-0.3, -0.25) is 9.69 Å². The minimum atomic E-state index is -0.911. The minimum absolute atomic E-state index is 0.0665. The van der Waals surface area contributed by atoms with Crippen LogP contribution in [0.25, 0.3) is 0 Å². The lowest BCUT2D eigenvalue weighted by atomic mass is 10.1. The highest BCUT2D eigenvalue weighted by atomic mass is 16.4. The molecule has 1 atom stereocenters. The van der Waals surface area contributed by atoms with Gasteiger partial charge in [0.15, 0.2) is 0 Å². The molecule has 1 aromatic rings. The zero-order valence-electron chi connectivity index (χ0n) is 12.4. The van der Waals surface area contributed by atoms with Crippen LogP contribution in [0.15, 0.2) is 18.2 Å². The Morgan fingerprint density at radius 3 is 2.25 bits per heavy atom. The number of urea groups is 1. The molecule has 2 amide bonds. The smallest absolute Gasteiger partial charge is 0.321 e. The van der Waals surface area contributed by atoms with Crippen molar-refractivity contribution in [2.75, 3.05) is 11.9 Å². The summed E-state index contributed by atoms with van der Waals surface area (Å²) in [6.45, 7) is 5.80. The second-order valence-corrected chi connectivity index (χ2v) is 5.06. The highest BCUT2D eigenvalue weighted by Crippen LogP contribution is 2.17. The molecule has 0 saturated heterocycles. The van der Waals surface area contributed by atoms with Crippen molar-refractivity contribution < 1.29 is 14.7 Å². The quantitative estimate of drug-likeness (QED) is 0.870. The van der Waals surface area contributed by atoms with Gasteiger partial charge in [-0.15, -0.1) is 0 Å². The number of carboxylic acid groups (broad SMARTS) is 1. The molecule has 0 fully saturated rings. The van der Waals surface area contributed by atoms with Crippen LogP contribution in [0.4, 0.5) is 10.5 Å². The number of carboxylic acids is 1. The first-order valence-electron chi connectivity index (χ1n) is 6.67. The lowest BCUT2D eigenvalue weighted by molar-refractivity contribution is -0.137. The molecule has 0 saturated carbocycles. The molecule has 0 heterocycles. The molecule has 2 N–H and O–H groups in total. The fourth-order valence-electron chi connectivity index (χ4n) is 2.04. The molecule has 5 nitrogen and oxygen atoms in total. The first kappa shape index (κ1) is 16.0. The van der Waals surface area contributed by atoms with Gasteiger partial charge in [-0.25, -0.2) is 4.79 Å². The fraction of sp³-hybridized carbons (Fsp3) is 0.467. The van der Waals surface area contributed by atoms with Crippen LogP contribution in [0.5, 0.6) is 0 Å². The summed E-state index contributed by atoms with van der Waals surface area (Å²) in [7, 11) is 1.68. The summed E-state index contributed by atoms with van der Waals surface area (Å²) in [4.78, 5) is 24.4. The third-order valence-electron chi connectivity index (χ3n) is 3.14. The van der Waals surface area contributed by atoms with Crippen molar-refractivity contribution in [3.05, 3.63) is 29.3 Å². The Labute approximate surface area is 119 Å². The molecule has 0 aromatic heterocycles. The van der Waals surface area contributed by atoms with E-state index in [-0.39, 0.29) is 18.5 Å². The Kier molecular flexibility index (Phi) is 5.55. The summed E-state index contributed by atoms with van der Waals surface area (Å²) in [6.07, 6.45) is 0.516. The number of nitrogens with one attached hydrogen (secondary N) is 1. The average Bonchev–Trinajstić information content (AvgIpc) is 2.35. The molecule has 0 aliphatic carbocycles. The Morgan fingerprint density at radius 1 is 1.25 bits per heavy atom. The molecular weight excluding hydrogens is 256 g/mol. The van der Waals surface area contributed by atoms with E-state index < -0.39 is 5.97 Å². The number of hydrogen-bond acceptors (Lipinski definition) is 2. The number of carbonyl (C=O) groups is 2. The molecule has 110 valence electrons. The van der Waals surface area contributed by atoms with E-state index in [1.54, 1.807) is 7.05 Å². The number of amides is 2. The van der Waals surface area contributed by atoms with Gasteiger partial charge in [-0.1, -0.05) is 13.0 Å². The summed E-state index contributed by atoms with van der Waals surface area (Å²) in [5.74, 6) is -0.911. The standard InChI is InChI=1S/C15H22N2O3/c1-5-12(9-14(18)19)16-15(20)17(4)13-7-10(2)6-11(3)8-13/h6-8,12H,5,9H2,1-4H3,(H,16,20)(H,18,19). The molecule has 5 heteroatoms. The maximum absolute atomic E-state index is 12.1. The third kappa shape index (κ3) is 4.57. The largest absolute Gasteiger partial charge is 0.481 e. The maximum Gasteiger partial charge on any atom is 0.321 e. The summed E-state index contributed by atoms with van der Waals surface area (Å²) >= 11 is 0. The molecule has 1 rings (SSSR count). The zero-order valence-corrected chi connectivity index (χ0v) is 12.4. The van der Waals surface area contributed by atoms with Crippen molar-refractivity contribution in [1.29, 1.82) is 0 Å². The molecule has 1 aromatic carbocycles. The van der Waals surface area contributed by atoms with E-state index in [2.05, 4.69) is 5.32 Å². The van der Waals surface area contributed by atoms with Gasteiger partial charge in [0.2, 0.25) is 0 Å². The van der Waals surface area contributed by atoms with Crippen molar-refractivity contribution in [3.8, 4) is 0 Å². The van der Waals surface area contributed by atoms with Crippen molar-refractivity contribution in [3.63, 3.8) is 0 Å². The highest BCUT2D eigenvalue weighted by molar-refractivity contribution is 5.92. The Bertz CT molecular complexity index is 480. The van der Waals surface area contributed by atoms with Crippen LogP contribution in [-0.2, 0) is 4.79 Å². The van der Waals surface area contributed by atoms with Crippen LogP contribution in [0.3, 0.4) is 0 Å². The van der Waals surface area contributed by atoms with Crippen LogP contribution in [0, 0.1) is 13.8 Å². The molecule has 1 unspecified atom stereocenters. The van der Waals surface area contributed by atoms with Gasteiger partial charge in [0.1, 0.15) is 0 Å². The van der Waals surface area contributed by atoms with E-state index in [1.165, 1.54) is 4.90 Å². The molecule has 0 spiro atoms. The molecule has 20 heavy (non-hydrogen) atoms. The van der Waals surface area contributed by atoms with Gasteiger partial charge in [0.05, 0.1) is 6.42 Å². The minimum Gasteiger partial charge on any atom is -0.481 e. The monoisotopic (exact) mass is 278 g/mol. The summed E-state index contributed by atoms with van der Waals surface area (Å²) in [6, 6.07) is 5.24. The number of aryl methyl sites for hydroxylation is 2. The van der Waals surface area contributed by atoms with Gasteiger partial charge in [0.25, 0.3) is 0 Å². The second kappa shape index (κ2) is 6.93. The van der Waals surface area contributed by atoms with Gasteiger partial charge in [-0.2, -0.15) is 0 Å². The molecule has 0 aliphatic rings. The van der Waals surface area contributed by atoms with Gasteiger partial charge >= 0.3 is 12.0 Å². The van der Waals surface area contributed by atoms with Gasteiger partial charge in [0, 0.05) is 18.8 Å². The van der Waals surface area contributed by atoms with Crippen molar-refractivity contribution in [2.24, 2.45) is 0 Å². The SMILES string of the molecule is CCC(CC(=O)O)NC(=O)N(C)c1cc(C)cc(C)c1. The molecular formula is C15H22N2O3. The van der Waals surface area contributed by atoms with Crippen LogP contribution in [0.1, 0.15) is 30.9 Å². The molecule has 0 aliphatic heterocycles. The molecule has 0 bridgehead atoms. The second-order valence-electron chi connectivity index (χ2n) is 5.06. The number of hydrogen-bond donors (Lipinski definition) is 2. The van der Waals surface area contributed by atoms with E-state index >= 15 is 0 Å². The maximum atomic E-state index is 12.1. The predicted octanol–water partition coefficient (Wildman–Crippen LogP) is 2.70. The van der Waals surface area contributed by atoms with Crippen molar-refractivity contribution >= 4 is 17.7 Å². The van der Waals surface area contributed by atoms with Crippen LogP contribution >= 0.6 is 0 Å². The van der Waals surface area contributed by atoms with Gasteiger partial charge < -0.3 is 10.4 Å². The topological polar surface area (TPSA) is 69.6 Å².